The molecule has 0 amide bonds. The highest BCUT2D eigenvalue weighted by Gasteiger charge is 1.90. The summed E-state index contributed by atoms with van der Waals surface area (Å²) in [7, 11) is 0. The van der Waals surface area contributed by atoms with Crippen LogP contribution in [0.25, 0.3) is 0 Å². The lowest BCUT2D eigenvalue weighted by Crippen LogP contribution is -2.21. The van der Waals surface area contributed by atoms with E-state index in [0.29, 0.717) is 6.73 Å². The van der Waals surface area contributed by atoms with Crippen molar-refractivity contribution in [1.82, 2.24) is 10.3 Å². The average molecular weight is 180 g/mol. The van der Waals surface area contributed by atoms with Gasteiger partial charge in [0.05, 0.1) is 6.20 Å². The molecule has 1 rings (SSSR count). The summed E-state index contributed by atoms with van der Waals surface area (Å²) in [5.74, 6) is 0.812. The van der Waals surface area contributed by atoms with Gasteiger partial charge in [-0.2, -0.15) is 0 Å². The fraction of sp³-hybridized carbons (Fsp3) is 0.500. The van der Waals surface area contributed by atoms with E-state index in [1.165, 1.54) is 12.8 Å². The Morgan fingerprint density at radius 3 is 3.15 bits per heavy atom. The Hall–Kier alpha value is -1.09. The highest BCUT2D eigenvalue weighted by atomic mass is 16.5. The van der Waals surface area contributed by atoms with Gasteiger partial charge in [0.2, 0.25) is 0 Å². The molecule has 0 atom stereocenters. The van der Waals surface area contributed by atoms with Gasteiger partial charge in [-0.25, -0.2) is 0 Å². The molecule has 0 spiro atoms. The lowest BCUT2D eigenvalue weighted by atomic mass is 10.3. The van der Waals surface area contributed by atoms with Crippen molar-refractivity contribution in [3.63, 3.8) is 0 Å². The number of ether oxygens (including phenoxy) is 1. The first-order valence-corrected chi connectivity index (χ1v) is 4.67. The maximum Gasteiger partial charge on any atom is 0.139 e. The molecule has 0 saturated carbocycles. The van der Waals surface area contributed by atoms with E-state index in [9.17, 15) is 0 Å². The van der Waals surface area contributed by atoms with Crippen molar-refractivity contribution >= 4 is 0 Å². The van der Waals surface area contributed by atoms with E-state index in [1.807, 2.05) is 12.1 Å². The van der Waals surface area contributed by atoms with Crippen LogP contribution in [0.2, 0.25) is 0 Å². The van der Waals surface area contributed by atoms with Gasteiger partial charge < -0.3 is 4.74 Å². The number of hydrogen-bond acceptors (Lipinski definition) is 3. The van der Waals surface area contributed by atoms with Crippen LogP contribution < -0.4 is 10.1 Å². The Labute approximate surface area is 79.1 Å². The topological polar surface area (TPSA) is 34.1 Å². The lowest BCUT2D eigenvalue weighted by molar-refractivity contribution is 0.282. The third-order valence-corrected chi connectivity index (χ3v) is 1.68. The standard InChI is InChI=1S/C10H16N2O/c1-2-3-6-12-9-13-10-5-4-7-11-8-10/h4-5,7-8,12H,2-3,6,9H2,1H3. The van der Waals surface area contributed by atoms with Crippen LogP contribution in [-0.4, -0.2) is 18.3 Å². The SMILES string of the molecule is CCCCNCOc1cccnc1. The summed E-state index contributed by atoms with van der Waals surface area (Å²) in [5.41, 5.74) is 0. The van der Waals surface area contributed by atoms with Crippen molar-refractivity contribution in [2.75, 3.05) is 13.3 Å². The molecule has 0 aliphatic heterocycles. The number of aromatic nitrogens is 1. The second-order valence-corrected chi connectivity index (χ2v) is 2.83. The van der Waals surface area contributed by atoms with Crippen molar-refractivity contribution in [3.8, 4) is 5.75 Å². The van der Waals surface area contributed by atoms with Crippen LogP contribution in [0.15, 0.2) is 24.5 Å². The van der Waals surface area contributed by atoms with Crippen molar-refractivity contribution in [2.45, 2.75) is 19.8 Å². The minimum absolute atomic E-state index is 0.561. The quantitative estimate of drug-likeness (QED) is 0.535. The molecule has 3 heteroatoms. The molecule has 0 aliphatic rings. The molecule has 1 aromatic heterocycles. The summed E-state index contributed by atoms with van der Waals surface area (Å²) in [5, 5.41) is 3.18. The van der Waals surface area contributed by atoms with Crippen LogP contribution in [0.4, 0.5) is 0 Å². The smallest absolute Gasteiger partial charge is 0.139 e. The van der Waals surface area contributed by atoms with Gasteiger partial charge in [-0.05, 0) is 25.1 Å². The Bertz CT molecular complexity index is 213. The van der Waals surface area contributed by atoms with Crippen LogP contribution in [0, 0.1) is 0 Å². The van der Waals surface area contributed by atoms with Crippen molar-refractivity contribution in [1.29, 1.82) is 0 Å². The van der Waals surface area contributed by atoms with Crippen LogP contribution in [0.3, 0.4) is 0 Å². The van der Waals surface area contributed by atoms with Crippen molar-refractivity contribution in [2.24, 2.45) is 0 Å². The highest BCUT2D eigenvalue weighted by molar-refractivity contribution is 5.15. The molecule has 0 fully saturated rings. The Kier molecular flexibility index (Phi) is 4.94. The van der Waals surface area contributed by atoms with Crippen molar-refractivity contribution in [3.05, 3.63) is 24.5 Å². The predicted molar refractivity (Wildman–Crippen MR) is 52.6 cm³/mol. The Morgan fingerprint density at radius 2 is 2.46 bits per heavy atom. The zero-order valence-corrected chi connectivity index (χ0v) is 7.99. The average Bonchev–Trinajstić information content (AvgIpc) is 2.19. The van der Waals surface area contributed by atoms with E-state index >= 15 is 0 Å². The number of nitrogens with zero attached hydrogens (tertiary/aromatic N) is 1. The molecule has 1 heterocycles. The van der Waals surface area contributed by atoms with Gasteiger partial charge >= 0.3 is 0 Å². The van der Waals surface area contributed by atoms with Gasteiger partial charge in [0.1, 0.15) is 12.5 Å². The number of unbranched alkanes of at least 4 members (excludes halogenated alkanes) is 1. The minimum atomic E-state index is 0.561. The van der Waals surface area contributed by atoms with Crippen LogP contribution in [0.5, 0.6) is 5.75 Å². The maximum atomic E-state index is 5.38. The first-order chi connectivity index (χ1) is 6.43. The fourth-order valence-electron chi connectivity index (χ4n) is 0.941. The minimum Gasteiger partial charge on any atom is -0.477 e. The molecule has 0 radical (unpaired) electrons. The van der Waals surface area contributed by atoms with Gasteiger partial charge in [0.25, 0.3) is 0 Å². The first kappa shape index (κ1) is 9.99. The fourth-order valence-corrected chi connectivity index (χ4v) is 0.941. The molecule has 0 aromatic carbocycles. The van der Waals surface area contributed by atoms with E-state index in [0.717, 1.165) is 12.3 Å². The number of nitrogens with one attached hydrogen (secondary N) is 1. The Balaban J connectivity index is 2.07. The van der Waals surface area contributed by atoms with Gasteiger partial charge in [-0.15, -0.1) is 0 Å². The summed E-state index contributed by atoms with van der Waals surface area (Å²) in [4.78, 5) is 3.95. The van der Waals surface area contributed by atoms with E-state index in [4.69, 9.17) is 4.74 Å². The molecular weight excluding hydrogens is 164 g/mol. The molecule has 13 heavy (non-hydrogen) atoms. The second-order valence-electron chi connectivity index (χ2n) is 2.83. The van der Waals surface area contributed by atoms with Gasteiger partial charge in [0, 0.05) is 6.20 Å². The first-order valence-electron chi connectivity index (χ1n) is 4.67. The zero-order chi connectivity index (χ0) is 9.36. The summed E-state index contributed by atoms with van der Waals surface area (Å²) in [6.45, 7) is 3.74. The largest absolute Gasteiger partial charge is 0.477 e. The lowest BCUT2D eigenvalue weighted by Gasteiger charge is -2.05. The van der Waals surface area contributed by atoms with Gasteiger partial charge in [0.15, 0.2) is 0 Å². The zero-order valence-electron chi connectivity index (χ0n) is 7.99. The van der Waals surface area contributed by atoms with E-state index in [-0.39, 0.29) is 0 Å². The normalized spacial score (nSPS) is 9.92. The summed E-state index contributed by atoms with van der Waals surface area (Å²) >= 11 is 0. The molecule has 0 bridgehead atoms. The molecule has 0 unspecified atom stereocenters. The highest BCUT2D eigenvalue weighted by Crippen LogP contribution is 2.04. The maximum absolute atomic E-state index is 5.38. The molecule has 0 aliphatic carbocycles. The second kappa shape index (κ2) is 6.43. The third kappa shape index (κ3) is 4.48. The summed E-state index contributed by atoms with van der Waals surface area (Å²) in [6.07, 6.45) is 5.84. The molecule has 72 valence electrons. The van der Waals surface area contributed by atoms with Crippen LogP contribution in [-0.2, 0) is 0 Å². The van der Waals surface area contributed by atoms with E-state index < -0.39 is 0 Å². The predicted octanol–water partition coefficient (Wildman–Crippen LogP) is 1.81. The van der Waals surface area contributed by atoms with E-state index in [1.54, 1.807) is 12.4 Å². The molecule has 1 N–H and O–H groups in total. The number of hydrogen-bond donors (Lipinski definition) is 1. The molecule has 0 saturated heterocycles. The Morgan fingerprint density at radius 1 is 1.54 bits per heavy atom. The van der Waals surface area contributed by atoms with E-state index in [2.05, 4.69) is 17.2 Å². The van der Waals surface area contributed by atoms with Gasteiger partial charge in [-0.1, -0.05) is 13.3 Å². The molecular formula is C10H16N2O. The molecule has 3 nitrogen and oxygen atoms in total. The number of pyridine rings is 1. The summed E-state index contributed by atoms with van der Waals surface area (Å²) < 4.78 is 5.38. The third-order valence-electron chi connectivity index (χ3n) is 1.68. The monoisotopic (exact) mass is 180 g/mol. The van der Waals surface area contributed by atoms with Crippen LogP contribution in [0.1, 0.15) is 19.8 Å². The number of rotatable bonds is 6. The van der Waals surface area contributed by atoms with Gasteiger partial charge in [-0.3, -0.25) is 10.3 Å². The van der Waals surface area contributed by atoms with Crippen molar-refractivity contribution < 1.29 is 4.74 Å². The van der Waals surface area contributed by atoms with Crippen LogP contribution >= 0.6 is 0 Å². The summed E-state index contributed by atoms with van der Waals surface area (Å²) in [6, 6.07) is 3.76. The molecule has 1 aromatic rings.